The van der Waals surface area contributed by atoms with Crippen LogP contribution in [0.2, 0.25) is 0 Å². The SMILES string of the molecule is Cc1cn(-c2ccc3c(c2)CCCOc2cc(ccc2Cc2nc4ccc(C(=O)O)cc4n2C[C@@H]2CCO2)-c2cccc(n2)OC3)cn1. The molecule has 1 atom stereocenters. The van der Waals surface area contributed by atoms with Gasteiger partial charge in [-0.05, 0) is 79.8 Å². The third-order valence-electron chi connectivity index (χ3n) is 9.11. The van der Waals surface area contributed by atoms with Gasteiger partial charge >= 0.3 is 5.97 Å². The number of rotatable bonds is 6. The molecule has 0 saturated carbocycles. The van der Waals surface area contributed by atoms with Crippen molar-refractivity contribution in [2.45, 2.75) is 51.9 Å². The van der Waals surface area contributed by atoms with Crippen LogP contribution in [0, 0.1) is 6.92 Å². The lowest BCUT2D eigenvalue weighted by molar-refractivity contribution is -0.0589. The van der Waals surface area contributed by atoms with E-state index in [1.54, 1.807) is 18.2 Å². The molecule has 0 spiro atoms. The van der Waals surface area contributed by atoms with Gasteiger partial charge in [0.2, 0.25) is 5.88 Å². The second kappa shape index (κ2) is 12.6. The van der Waals surface area contributed by atoms with Crippen molar-refractivity contribution in [3.63, 3.8) is 0 Å². The van der Waals surface area contributed by atoms with E-state index in [-0.39, 0.29) is 11.7 Å². The van der Waals surface area contributed by atoms with Gasteiger partial charge in [-0.2, -0.15) is 0 Å². The number of nitrogens with zero attached hydrogens (tertiary/aromatic N) is 5. The third kappa shape index (κ3) is 6.02. The molecule has 0 amide bonds. The van der Waals surface area contributed by atoms with E-state index < -0.39 is 5.97 Å². The number of hydrogen-bond acceptors (Lipinski definition) is 7. The van der Waals surface area contributed by atoms with E-state index in [1.165, 1.54) is 5.56 Å². The van der Waals surface area contributed by atoms with Gasteiger partial charge in [-0.15, -0.1) is 0 Å². The van der Waals surface area contributed by atoms with Gasteiger partial charge in [0.15, 0.2) is 0 Å². The van der Waals surface area contributed by atoms with Crippen LogP contribution < -0.4 is 9.47 Å². The van der Waals surface area contributed by atoms with E-state index in [0.717, 1.165) is 82.2 Å². The number of hydrogen-bond donors (Lipinski definition) is 1. The standard InChI is InChI=1S/C38H35N5O5/c1-24-20-42(23-39-24)30-11-9-29-22-48-37-6-2-5-32(41-37)26-7-8-27(35(18-26)47-14-3-4-25(29)16-30)19-36-40-33-12-10-28(38(44)45)17-34(33)43(36)21-31-13-15-46-31/h2,5-12,16-18,20,23,31H,3-4,13-15,19,21-22H2,1H3,(H,44,45)/t31-/m0/s1. The summed E-state index contributed by atoms with van der Waals surface area (Å²) in [5.74, 6) is 1.20. The molecule has 6 aromatic rings. The van der Waals surface area contributed by atoms with Gasteiger partial charge in [0.05, 0.1) is 53.6 Å². The largest absolute Gasteiger partial charge is 0.493 e. The highest BCUT2D eigenvalue weighted by Gasteiger charge is 2.23. The molecule has 48 heavy (non-hydrogen) atoms. The zero-order chi connectivity index (χ0) is 32.6. The molecule has 242 valence electrons. The number of fused-ring (bicyclic) bond motifs is 7. The first-order valence-electron chi connectivity index (χ1n) is 16.3. The molecular weight excluding hydrogens is 606 g/mol. The van der Waals surface area contributed by atoms with Gasteiger partial charge in [-0.3, -0.25) is 0 Å². The van der Waals surface area contributed by atoms with E-state index in [1.807, 2.05) is 48.3 Å². The fraction of sp³-hybridized carbons (Fsp3) is 0.263. The van der Waals surface area contributed by atoms with Crippen LogP contribution in [0.25, 0.3) is 28.0 Å². The average Bonchev–Trinajstić information content (AvgIpc) is 3.66. The summed E-state index contributed by atoms with van der Waals surface area (Å²) in [7, 11) is 0. The van der Waals surface area contributed by atoms with Gasteiger partial charge in [-0.1, -0.05) is 24.3 Å². The van der Waals surface area contributed by atoms with Gasteiger partial charge < -0.3 is 28.5 Å². The Morgan fingerprint density at radius 1 is 0.979 bits per heavy atom. The first-order chi connectivity index (χ1) is 23.5. The Morgan fingerprint density at radius 2 is 1.90 bits per heavy atom. The summed E-state index contributed by atoms with van der Waals surface area (Å²) in [4.78, 5) is 26.0. The van der Waals surface area contributed by atoms with Gasteiger partial charge in [-0.25, -0.2) is 19.7 Å². The first kappa shape index (κ1) is 29.9. The predicted molar refractivity (Wildman–Crippen MR) is 180 cm³/mol. The second-order valence-electron chi connectivity index (χ2n) is 12.4. The van der Waals surface area contributed by atoms with Crippen molar-refractivity contribution in [1.29, 1.82) is 0 Å². The van der Waals surface area contributed by atoms with E-state index in [9.17, 15) is 9.90 Å². The fourth-order valence-corrected chi connectivity index (χ4v) is 6.40. The lowest BCUT2D eigenvalue weighted by Crippen LogP contribution is -2.31. The number of aryl methyl sites for hydroxylation is 2. The molecule has 5 heterocycles. The van der Waals surface area contributed by atoms with Crippen LogP contribution in [0.15, 0.2) is 85.3 Å². The summed E-state index contributed by atoms with van der Waals surface area (Å²) >= 11 is 0. The van der Waals surface area contributed by atoms with Crippen molar-refractivity contribution in [1.82, 2.24) is 24.1 Å². The summed E-state index contributed by atoms with van der Waals surface area (Å²) in [6.07, 6.45) is 7.02. The predicted octanol–water partition coefficient (Wildman–Crippen LogP) is 6.57. The Bertz CT molecular complexity index is 2150. The molecule has 2 aliphatic heterocycles. The van der Waals surface area contributed by atoms with Gasteiger partial charge in [0.25, 0.3) is 0 Å². The Hall–Kier alpha value is -5.48. The lowest BCUT2D eigenvalue weighted by Gasteiger charge is -2.27. The molecule has 10 heteroatoms. The maximum absolute atomic E-state index is 11.8. The molecule has 1 fully saturated rings. The Kier molecular flexibility index (Phi) is 7.85. The normalized spacial score (nSPS) is 15.9. The average molecular weight is 642 g/mol. The molecule has 0 radical (unpaired) electrons. The molecular formula is C38H35N5O5. The molecule has 4 bridgehead atoms. The fourth-order valence-electron chi connectivity index (χ4n) is 6.40. The molecule has 10 nitrogen and oxygen atoms in total. The number of aromatic carboxylic acids is 1. The van der Waals surface area contributed by atoms with Crippen LogP contribution in [0.5, 0.6) is 11.6 Å². The minimum absolute atomic E-state index is 0.0769. The van der Waals surface area contributed by atoms with Crippen LogP contribution in [-0.2, 0) is 30.7 Å². The van der Waals surface area contributed by atoms with Crippen molar-refractivity contribution in [2.24, 2.45) is 0 Å². The number of benzene rings is 3. The number of aromatic nitrogens is 5. The van der Waals surface area contributed by atoms with Crippen LogP contribution in [0.1, 0.15) is 51.4 Å². The highest BCUT2D eigenvalue weighted by atomic mass is 16.5. The van der Waals surface area contributed by atoms with Gasteiger partial charge in [0.1, 0.15) is 18.2 Å². The Balaban J connectivity index is 1.13. The van der Waals surface area contributed by atoms with E-state index in [4.69, 9.17) is 24.2 Å². The first-order valence-corrected chi connectivity index (χ1v) is 16.3. The van der Waals surface area contributed by atoms with Gasteiger partial charge in [0, 0.05) is 42.1 Å². The lowest BCUT2D eigenvalue weighted by atomic mass is 10.0. The summed E-state index contributed by atoms with van der Waals surface area (Å²) in [5, 5.41) is 9.66. The number of carbonyl (C=O) groups is 1. The zero-order valence-electron chi connectivity index (χ0n) is 26.6. The smallest absolute Gasteiger partial charge is 0.335 e. The van der Waals surface area contributed by atoms with Crippen LogP contribution in [-0.4, -0.2) is 54.5 Å². The number of pyridine rings is 1. The van der Waals surface area contributed by atoms with Crippen LogP contribution >= 0.6 is 0 Å². The summed E-state index contributed by atoms with van der Waals surface area (Å²) in [6, 6.07) is 23.5. The van der Waals surface area contributed by atoms with Crippen molar-refractivity contribution < 1.29 is 24.1 Å². The molecule has 3 aromatic heterocycles. The maximum atomic E-state index is 11.8. The number of carboxylic acid groups (broad SMARTS) is 1. The molecule has 8 rings (SSSR count). The number of imidazole rings is 2. The number of carboxylic acids is 1. The molecule has 0 aliphatic carbocycles. The highest BCUT2D eigenvalue weighted by molar-refractivity contribution is 5.92. The second-order valence-corrected chi connectivity index (χ2v) is 12.4. The third-order valence-corrected chi connectivity index (χ3v) is 9.11. The Labute approximate surface area is 277 Å². The summed E-state index contributed by atoms with van der Waals surface area (Å²) in [5.41, 5.74) is 8.81. The zero-order valence-corrected chi connectivity index (χ0v) is 26.6. The van der Waals surface area contributed by atoms with Crippen molar-refractivity contribution in [3.05, 3.63) is 119 Å². The quantitative estimate of drug-likeness (QED) is 0.217. The van der Waals surface area contributed by atoms with Crippen molar-refractivity contribution >= 4 is 17.0 Å². The highest BCUT2D eigenvalue weighted by Crippen LogP contribution is 2.32. The molecule has 3 aromatic carbocycles. The van der Waals surface area contributed by atoms with Crippen LogP contribution in [0.3, 0.4) is 0 Å². The molecule has 1 saturated heterocycles. The molecule has 0 unspecified atom stereocenters. The topological polar surface area (TPSA) is 114 Å². The minimum Gasteiger partial charge on any atom is -0.493 e. The monoisotopic (exact) mass is 641 g/mol. The summed E-state index contributed by atoms with van der Waals surface area (Å²) < 4.78 is 22.7. The summed E-state index contributed by atoms with van der Waals surface area (Å²) in [6.45, 7) is 4.27. The van der Waals surface area contributed by atoms with E-state index in [0.29, 0.717) is 32.1 Å². The van der Waals surface area contributed by atoms with E-state index >= 15 is 0 Å². The van der Waals surface area contributed by atoms with Crippen molar-refractivity contribution in [3.8, 4) is 28.6 Å². The van der Waals surface area contributed by atoms with Crippen molar-refractivity contribution in [2.75, 3.05) is 13.2 Å². The maximum Gasteiger partial charge on any atom is 0.335 e. The Morgan fingerprint density at radius 3 is 2.71 bits per heavy atom. The van der Waals surface area contributed by atoms with E-state index in [2.05, 4.69) is 39.9 Å². The van der Waals surface area contributed by atoms with Crippen LogP contribution in [0.4, 0.5) is 0 Å². The number of ether oxygens (including phenoxy) is 3. The molecule has 2 aliphatic rings. The molecule has 1 N–H and O–H groups in total. The minimum atomic E-state index is -0.962.